The average molecular weight is 526 g/mol. The Morgan fingerprint density at radius 1 is 0.634 bits per heavy atom. The molecule has 194 valence electrons. The molecule has 2 aromatic heterocycles. The van der Waals surface area contributed by atoms with E-state index in [4.69, 9.17) is 0 Å². The molecule has 0 N–H and O–H groups in total. The molecule has 0 fully saturated rings. The summed E-state index contributed by atoms with van der Waals surface area (Å²) in [5.74, 6) is 0.314. The molecule has 8 rings (SSSR count). The number of rotatable bonds is 3. The predicted octanol–water partition coefficient (Wildman–Crippen LogP) is 9.59. The van der Waals surface area contributed by atoms with E-state index >= 15 is 0 Å². The number of para-hydroxylation sites is 4. The Morgan fingerprint density at radius 2 is 1.15 bits per heavy atom. The molecule has 3 heteroatoms. The maximum absolute atomic E-state index is 10.1. The summed E-state index contributed by atoms with van der Waals surface area (Å²) in [5, 5.41) is 15.1. The van der Waals surface area contributed by atoms with Crippen molar-refractivity contribution in [2.75, 3.05) is 0 Å². The fourth-order valence-corrected chi connectivity index (χ4v) is 6.71. The van der Waals surface area contributed by atoms with Gasteiger partial charge in [-0.25, -0.2) is 0 Å². The first-order valence-electron chi connectivity index (χ1n) is 14.1. The summed E-state index contributed by atoms with van der Waals surface area (Å²) in [4.78, 5) is 0. The molecular formula is C38H27N3. The van der Waals surface area contributed by atoms with Gasteiger partial charge in [0, 0.05) is 38.3 Å². The van der Waals surface area contributed by atoms with Crippen LogP contribution in [0.2, 0.25) is 0 Å². The van der Waals surface area contributed by atoms with Gasteiger partial charge in [-0.15, -0.1) is 0 Å². The quantitative estimate of drug-likeness (QED) is 0.226. The summed E-state index contributed by atoms with van der Waals surface area (Å²) < 4.78 is 4.77. The first-order chi connectivity index (χ1) is 20.2. The van der Waals surface area contributed by atoms with Crippen LogP contribution in [0.1, 0.15) is 24.1 Å². The fourth-order valence-electron chi connectivity index (χ4n) is 6.71. The highest BCUT2D eigenvalue weighted by Crippen LogP contribution is 2.40. The lowest BCUT2D eigenvalue weighted by Gasteiger charge is -2.27. The van der Waals surface area contributed by atoms with E-state index in [1.165, 1.54) is 32.6 Å². The van der Waals surface area contributed by atoms with Crippen LogP contribution in [0, 0.1) is 17.2 Å². The first kappa shape index (κ1) is 23.5. The summed E-state index contributed by atoms with van der Waals surface area (Å²) in [7, 11) is 0. The van der Waals surface area contributed by atoms with E-state index in [0.717, 1.165) is 27.9 Å². The van der Waals surface area contributed by atoms with E-state index in [2.05, 4.69) is 143 Å². The lowest BCUT2D eigenvalue weighted by atomic mass is 9.89. The van der Waals surface area contributed by atoms with E-state index < -0.39 is 0 Å². The molecule has 0 bridgehead atoms. The molecule has 0 aliphatic heterocycles. The van der Waals surface area contributed by atoms with Crippen LogP contribution in [0.4, 0.5) is 0 Å². The van der Waals surface area contributed by atoms with Gasteiger partial charge in [-0.2, -0.15) is 5.26 Å². The maximum Gasteiger partial charge on any atom is 0.0992 e. The molecule has 2 heterocycles. The van der Waals surface area contributed by atoms with Gasteiger partial charge in [-0.3, -0.25) is 0 Å². The lowest BCUT2D eigenvalue weighted by molar-refractivity contribution is 0.512. The minimum absolute atomic E-state index is 0.141. The van der Waals surface area contributed by atoms with Crippen molar-refractivity contribution in [2.24, 2.45) is 5.92 Å². The molecular weight excluding hydrogens is 498 g/mol. The van der Waals surface area contributed by atoms with E-state index in [1.54, 1.807) is 0 Å². The summed E-state index contributed by atoms with van der Waals surface area (Å²) >= 11 is 0. The van der Waals surface area contributed by atoms with Crippen molar-refractivity contribution in [1.29, 1.82) is 5.26 Å². The predicted molar refractivity (Wildman–Crippen MR) is 170 cm³/mol. The monoisotopic (exact) mass is 525 g/mol. The smallest absolute Gasteiger partial charge is 0.0992 e. The van der Waals surface area contributed by atoms with Gasteiger partial charge in [-0.1, -0.05) is 97.9 Å². The normalized spacial score (nSPS) is 16.9. The van der Waals surface area contributed by atoms with Gasteiger partial charge in [0.05, 0.1) is 28.7 Å². The van der Waals surface area contributed by atoms with Crippen LogP contribution in [0.3, 0.4) is 0 Å². The summed E-state index contributed by atoms with van der Waals surface area (Å²) in [6.45, 7) is 2.28. The number of nitrogens with zero attached hydrogens (tertiary/aromatic N) is 3. The van der Waals surface area contributed by atoms with Crippen molar-refractivity contribution >= 4 is 49.2 Å². The van der Waals surface area contributed by atoms with Crippen molar-refractivity contribution in [3.8, 4) is 11.8 Å². The Morgan fingerprint density at radius 3 is 1.71 bits per heavy atom. The van der Waals surface area contributed by atoms with Crippen LogP contribution in [0.15, 0.2) is 133 Å². The first-order valence-corrected chi connectivity index (χ1v) is 14.1. The molecule has 0 amide bonds. The number of allylic oxidation sites excluding steroid dienone is 4. The molecule has 0 saturated carbocycles. The molecule has 0 radical (unpaired) electrons. The molecule has 3 nitrogen and oxygen atoms in total. The van der Waals surface area contributed by atoms with Crippen molar-refractivity contribution < 1.29 is 0 Å². The average Bonchev–Trinajstić information content (AvgIpc) is 3.54. The third-order valence-corrected chi connectivity index (χ3v) is 8.60. The van der Waals surface area contributed by atoms with Crippen molar-refractivity contribution in [3.05, 3.63) is 145 Å². The van der Waals surface area contributed by atoms with Crippen LogP contribution in [-0.4, -0.2) is 9.13 Å². The molecule has 41 heavy (non-hydrogen) atoms. The van der Waals surface area contributed by atoms with Gasteiger partial charge in [0.2, 0.25) is 0 Å². The number of aromatic nitrogens is 2. The van der Waals surface area contributed by atoms with Crippen molar-refractivity contribution in [3.63, 3.8) is 0 Å². The highest BCUT2D eigenvalue weighted by molar-refractivity contribution is 6.10. The largest absolute Gasteiger partial charge is 0.333 e. The zero-order valence-corrected chi connectivity index (χ0v) is 22.7. The molecule has 2 atom stereocenters. The Hall–Kier alpha value is -5.33. The number of hydrogen-bond donors (Lipinski definition) is 0. The zero-order valence-electron chi connectivity index (χ0n) is 22.7. The zero-order chi connectivity index (χ0) is 27.5. The van der Waals surface area contributed by atoms with Crippen molar-refractivity contribution in [2.45, 2.75) is 13.0 Å². The second-order valence-electron chi connectivity index (χ2n) is 11.0. The number of nitriles is 1. The Labute approximate surface area is 238 Å². The second-order valence-corrected chi connectivity index (χ2v) is 11.0. The van der Waals surface area contributed by atoms with Gasteiger partial charge in [-0.05, 0) is 59.5 Å². The van der Waals surface area contributed by atoms with Crippen LogP contribution in [0.5, 0.6) is 0 Å². The third-order valence-electron chi connectivity index (χ3n) is 8.60. The maximum atomic E-state index is 10.1. The number of benzene rings is 5. The minimum Gasteiger partial charge on any atom is -0.333 e. The number of fused-ring (bicyclic) bond motifs is 6. The number of hydrogen-bond acceptors (Lipinski definition) is 1. The van der Waals surface area contributed by atoms with Crippen LogP contribution in [-0.2, 0) is 0 Å². The highest BCUT2D eigenvalue weighted by Gasteiger charge is 2.24. The van der Waals surface area contributed by atoms with Gasteiger partial charge < -0.3 is 9.13 Å². The van der Waals surface area contributed by atoms with E-state index in [1.807, 2.05) is 12.1 Å². The molecule has 0 saturated heterocycles. The molecule has 7 aromatic rings. The summed E-state index contributed by atoms with van der Waals surface area (Å²) in [5.41, 5.74) is 8.60. The van der Waals surface area contributed by atoms with E-state index in [0.29, 0.717) is 11.5 Å². The van der Waals surface area contributed by atoms with Crippen LogP contribution >= 0.6 is 0 Å². The van der Waals surface area contributed by atoms with Gasteiger partial charge in [0.25, 0.3) is 0 Å². The Balaban J connectivity index is 1.34. The molecule has 1 aliphatic carbocycles. The molecule has 1 aliphatic rings. The van der Waals surface area contributed by atoms with Gasteiger partial charge >= 0.3 is 0 Å². The summed E-state index contributed by atoms with van der Waals surface area (Å²) in [6.07, 6.45) is 6.92. The second kappa shape index (κ2) is 9.11. The SMILES string of the molecule is CC1C=CC(c2cc(C#N)cc(-n3c4ccccc4c4ccccc43)c2)=CC1n1c2ccccc2c2ccccc21. The lowest BCUT2D eigenvalue weighted by Crippen LogP contribution is -2.16. The highest BCUT2D eigenvalue weighted by atomic mass is 15.0. The third kappa shape index (κ3) is 3.58. The van der Waals surface area contributed by atoms with E-state index in [-0.39, 0.29) is 6.04 Å². The topological polar surface area (TPSA) is 33.6 Å². The van der Waals surface area contributed by atoms with Gasteiger partial charge in [0.15, 0.2) is 0 Å². The van der Waals surface area contributed by atoms with E-state index in [9.17, 15) is 5.26 Å². The Bertz CT molecular complexity index is 2140. The summed E-state index contributed by atoms with van der Waals surface area (Å²) in [6, 6.07) is 43.2. The van der Waals surface area contributed by atoms with Crippen LogP contribution in [0.25, 0.3) is 54.9 Å². The standard InChI is InChI=1S/C38H27N3/c1-25-18-19-27(23-38(25)41-36-16-8-4-12-32(36)33-13-5-9-17-37(33)41)28-20-26(24-39)21-29(22-28)40-34-14-6-2-10-30(34)31-11-3-7-15-35(31)40/h2-23,25,38H,1H3. The van der Waals surface area contributed by atoms with Crippen molar-refractivity contribution in [1.82, 2.24) is 9.13 Å². The molecule has 2 unspecified atom stereocenters. The molecule has 0 spiro atoms. The molecule has 5 aromatic carbocycles. The Kier molecular flexibility index (Phi) is 5.23. The minimum atomic E-state index is 0.141. The fraction of sp³-hybridized carbons (Fsp3) is 0.0789. The van der Waals surface area contributed by atoms with Gasteiger partial charge in [0.1, 0.15) is 0 Å². The van der Waals surface area contributed by atoms with Crippen LogP contribution < -0.4 is 0 Å².